The Hall–Kier alpha value is -6.45. The first kappa shape index (κ1) is 42.7. The lowest BCUT2D eigenvalue weighted by atomic mass is 9.98. The number of amides is 1. The van der Waals surface area contributed by atoms with Crippen LogP contribution < -0.4 is 5.32 Å². The zero-order valence-corrected chi connectivity index (χ0v) is 34.4. The van der Waals surface area contributed by atoms with Crippen LogP contribution in [0, 0.1) is 5.92 Å². The molecule has 1 amide bonds. The van der Waals surface area contributed by atoms with Crippen molar-refractivity contribution in [3.05, 3.63) is 203 Å². The summed E-state index contributed by atoms with van der Waals surface area (Å²) in [6.45, 7) is -1.41. The monoisotopic (exact) mass is 835 g/mol. The molecule has 1 aliphatic carbocycles. The molecule has 0 fully saturated rings. The van der Waals surface area contributed by atoms with E-state index in [1.165, 1.54) is 0 Å². The summed E-state index contributed by atoms with van der Waals surface area (Å²) in [5.74, 6) is -4.43. The summed E-state index contributed by atoms with van der Waals surface area (Å²) in [4.78, 5) is 54.5. The van der Waals surface area contributed by atoms with Crippen LogP contribution in [0.1, 0.15) is 48.9 Å². The van der Waals surface area contributed by atoms with E-state index in [0.29, 0.717) is 11.1 Å². The van der Waals surface area contributed by atoms with Crippen LogP contribution >= 0.6 is 7.37 Å². The number of ketones is 2. The van der Waals surface area contributed by atoms with Crippen LogP contribution in [-0.4, -0.2) is 62.0 Å². The van der Waals surface area contributed by atoms with E-state index in [1.54, 1.807) is 60.7 Å². The van der Waals surface area contributed by atoms with Gasteiger partial charge in [0.1, 0.15) is 19.0 Å². The van der Waals surface area contributed by atoms with Crippen LogP contribution in [0.2, 0.25) is 0 Å². The number of carbonyl (C=O) groups is 4. The molecular formula is C50H46NO9P. The quantitative estimate of drug-likeness (QED) is 0.0453. The second kappa shape index (κ2) is 20.7. The molecule has 0 spiro atoms. The number of alkyl carbamates (subject to hydrolysis) is 1. The van der Waals surface area contributed by atoms with Crippen LogP contribution in [0.25, 0.3) is 11.1 Å². The van der Waals surface area contributed by atoms with Gasteiger partial charge in [-0.25, -0.2) is 4.79 Å². The van der Waals surface area contributed by atoms with Crippen molar-refractivity contribution in [3.63, 3.8) is 0 Å². The normalized spacial score (nSPS) is 13.8. The van der Waals surface area contributed by atoms with Gasteiger partial charge in [-0.3, -0.25) is 18.9 Å². The molecule has 1 N–H and O–H groups in total. The average molecular weight is 836 g/mol. The molecule has 10 nitrogen and oxygen atoms in total. The van der Waals surface area contributed by atoms with Crippen LogP contribution in [0.5, 0.6) is 0 Å². The van der Waals surface area contributed by atoms with Crippen molar-refractivity contribution in [1.82, 2.24) is 5.32 Å². The lowest BCUT2D eigenvalue weighted by molar-refractivity contribution is -0.146. The van der Waals surface area contributed by atoms with Gasteiger partial charge >= 0.3 is 12.1 Å². The fraction of sp³-hybridized carbons (Fsp3) is 0.200. The summed E-state index contributed by atoms with van der Waals surface area (Å²) in [5.41, 5.74) is 6.39. The highest BCUT2D eigenvalue weighted by Gasteiger charge is 2.42. The molecule has 0 aliphatic heterocycles. The minimum atomic E-state index is -4.33. The van der Waals surface area contributed by atoms with E-state index in [2.05, 4.69) is 5.32 Å². The predicted molar refractivity (Wildman–Crippen MR) is 233 cm³/mol. The van der Waals surface area contributed by atoms with Crippen LogP contribution in [0.3, 0.4) is 0 Å². The summed E-state index contributed by atoms with van der Waals surface area (Å²) in [5, 5.41) is 2.77. The summed E-state index contributed by atoms with van der Waals surface area (Å²) in [6, 6.07) is 51.1. The number of benzene rings is 6. The largest absolute Gasteiger partial charge is 0.457 e. The van der Waals surface area contributed by atoms with Crippen molar-refractivity contribution >= 4 is 31.0 Å². The van der Waals surface area contributed by atoms with E-state index in [9.17, 15) is 19.2 Å². The van der Waals surface area contributed by atoms with E-state index in [-0.39, 0.29) is 32.2 Å². The van der Waals surface area contributed by atoms with E-state index in [1.807, 2.05) is 109 Å². The molecule has 11 heteroatoms. The standard InChI is InChI=1S/C50H46NO9P/c52-46(38-21-9-3-10-22-38)32-58-49(54)40(29-36-17-5-1-6-18-36)35-61(56,60-33-47(53)39-23-11-4-12-24-39)48(34-57-30-37-19-7-2-8-20-37)51-50(55)59-31-45-43-27-15-13-25-41(43)42-26-14-16-28-44(42)45/h1-28,40,45,48H,29-35H2,(H,51,55). The molecule has 0 radical (unpaired) electrons. The number of hydrogen-bond donors (Lipinski definition) is 1. The Bertz CT molecular complexity index is 2420. The maximum atomic E-state index is 15.7. The number of carbonyl (C=O) groups excluding carboxylic acids is 4. The molecule has 3 unspecified atom stereocenters. The maximum absolute atomic E-state index is 15.7. The molecule has 1 aliphatic rings. The zero-order valence-electron chi connectivity index (χ0n) is 33.5. The van der Waals surface area contributed by atoms with Crippen molar-refractivity contribution in [3.8, 4) is 11.1 Å². The third-order valence-electron chi connectivity index (χ3n) is 10.6. The Kier molecular flexibility index (Phi) is 14.5. The molecule has 310 valence electrons. The molecule has 0 aromatic heterocycles. The van der Waals surface area contributed by atoms with Gasteiger partial charge in [0.2, 0.25) is 7.37 Å². The van der Waals surface area contributed by atoms with Crippen LogP contribution in [-0.2, 0) is 41.1 Å². The van der Waals surface area contributed by atoms with E-state index < -0.39 is 62.1 Å². The maximum Gasteiger partial charge on any atom is 0.407 e. The van der Waals surface area contributed by atoms with Gasteiger partial charge in [-0.05, 0) is 39.8 Å². The fourth-order valence-electron chi connectivity index (χ4n) is 7.43. The van der Waals surface area contributed by atoms with Crippen molar-refractivity contribution < 1.29 is 42.5 Å². The zero-order chi connectivity index (χ0) is 42.4. The van der Waals surface area contributed by atoms with Gasteiger partial charge in [0.25, 0.3) is 0 Å². The van der Waals surface area contributed by atoms with Crippen molar-refractivity contribution in [2.24, 2.45) is 5.92 Å². The molecule has 0 saturated heterocycles. The Morgan fingerprint density at radius 3 is 1.64 bits per heavy atom. The van der Waals surface area contributed by atoms with E-state index >= 15 is 4.57 Å². The highest BCUT2D eigenvalue weighted by molar-refractivity contribution is 7.59. The topological polar surface area (TPSA) is 134 Å². The van der Waals surface area contributed by atoms with Crippen LogP contribution in [0.15, 0.2) is 170 Å². The van der Waals surface area contributed by atoms with Crippen molar-refractivity contribution in [1.29, 1.82) is 0 Å². The number of rotatable bonds is 20. The van der Waals surface area contributed by atoms with Gasteiger partial charge in [-0.2, -0.15) is 0 Å². The van der Waals surface area contributed by atoms with Crippen molar-refractivity contribution in [2.75, 3.05) is 32.6 Å². The van der Waals surface area contributed by atoms with E-state index in [4.69, 9.17) is 18.7 Å². The molecule has 0 bridgehead atoms. The van der Waals surface area contributed by atoms with Gasteiger partial charge in [0.05, 0.1) is 19.1 Å². The lowest BCUT2D eigenvalue weighted by Gasteiger charge is -2.30. The average Bonchev–Trinajstić information content (AvgIpc) is 3.63. The Labute approximate surface area is 355 Å². The first-order valence-corrected chi connectivity index (χ1v) is 22.0. The summed E-state index contributed by atoms with van der Waals surface area (Å²) in [6.07, 6.45) is -1.29. The number of nitrogens with one attached hydrogen (secondary N) is 1. The van der Waals surface area contributed by atoms with E-state index in [0.717, 1.165) is 33.4 Å². The summed E-state index contributed by atoms with van der Waals surface area (Å²) in [7, 11) is -4.33. The first-order valence-electron chi connectivity index (χ1n) is 20.1. The third-order valence-corrected chi connectivity index (χ3v) is 13.3. The fourth-order valence-corrected chi connectivity index (χ4v) is 9.83. The molecular weight excluding hydrogens is 790 g/mol. The molecule has 61 heavy (non-hydrogen) atoms. The Morgan fingerprint density at radius 2 is 1.07 bits per heavy atom. The molecule has 6 aromatic carbocycles. The molecule has 0 heterocycles. The smallest absolute Gasteiger partial charge is 0.407 e. The molecule has 3 atom stereocenters. The second-order valence-electron chi connectivity index (χ2n) is 14.7. The first-order chi connectivity index (χ1) is 29.8. The SMILES string of the molecule is O=C(NC(COCc1ccccc1)P(=O)(CC(Cc1ccccc1)C(=O)OCC(=O)c1ccccc1)OCC(=O)c1ccccc1)OCC1c2ccccc2-c2ccccc21. The predicted octanol–water partition coefficient (Wildman–Crippen LogP) is 9.53. The highest BCUT2D eigenvalue weighted by Crippen LogP contribution is 2.53. The van der Waals surface area contributed by atoms with Gasteiger partial charge in [-0.15, -0.1) is 0 Å². The number of Topliss-reactive ketones (excluding diaryl/α,β-unsaturated/α-hetero) is 2. The molecule has 7 rings (SSSR count). The minimum absolute atomic E-state index is 0.0203. The lowest BCUT2D eigenvalue weighted by Crippen LogP contribution is -2.41. The molecule has 0 saturated carbocycles. The Morgan fingerprint density at radius 1 is 0.574 bits per heavy atom. The minimum Gasteiger partial charge on any atom is -0.457 e. The molecule has 6 aromatic rings. The number of esters is 1. The number of hydrogen-bond acceptors (Lipinski definition) is 9. The second-order valence-corrected chi connectivity index (χ2v) is 17.4. The van der Waals surface area contributed by atoms with Gasteiger partial charge in [0, 0.05) is 23.2 Å². The van der Waals surface area contributed by atoms with Crippen molar-refractivity contribution in [2.45, 2.75) is 24.7 Å². The van der Waals surface area contributed by atoms with Crippen LogP contribution in [0.4, 0.5) is 4.79 Å². The Balaban J connectivity index is 1.17. The van der Waals surface area contributed by atoms with Gasteiger partial charge in [-0.1, -0.05) is 170 Å². The van der Waals surface area contributed by atoms with Gasteiger partial charge < -0.3 is 24.1 Å². The number of fused-ring (bicyclic) bond motifs is 3. The number of ether oxygens (including phenoxy) is 3. The summed E-state index contributed by atoms with van der Waals surface area (Å²) < 4.78 is 39.5. The summed E-state index contributed by atoms with van der Waals surface area (Å²) >= 11 is 0. The third kappa shape index (κ3) is 11.2. The van der Waals surface area contributed by atoms with Gasteiger partial charge in [0.15, 0.2) is 18.2 Å². The highest BCUT2D eigenvalue weighted by atomic mass is 31.2.